The molecule has 4 N–H and O–H groups in total. The monoisotopic (exact) mass is 400 g/mol. The Balaban J connectivity index is 1.50. The van der Waals surface area contributed by atoms with Gasteiger partial charge in [0, 0.05) is 0 Å². The molecule has 30 heavy (non-hydrogen) atoms. The van der Waals surface area contributed by atoms with Crippen LogP contribution in [0.1, 0.15) is 27.6 Å². The first-order valence-electron chi connectivity index (χ1n) is 9.47. The van der Waals surface area contributed by atoms with Crippen LogP contribution in [-0.2, 0) is 0 Å². The second-order valence-corrected chi connectivity index (χ2v) is 7.10. The van der Waals surface area contributed by atoms with Gasteiger partial charge in [-0.05, 0) is 52.7 Å². The summed E-state index contributed by atoms with van der Waals surface area (Å²) in [7, 11) is 0. The van der Waals surface area contributed by atoms with E-state index in [4.69, 9.17) is 0 Å². The van der Waals surface area contributed by atoms with Crippen LogP contribution in [0.4, 0.5) is 0 Å². The molecule has 0 heterocycles. The Hall–Kier alpha value is -4.06. The lowest BCUT2D eigenvalue weighted by molar-refractivity contribution is 0.0889. The van der Waals surface area contributed by atoms with Gasteiger partial charge in [0.05, 0.1) is 17.3 Å². The summed E-state index contributed by atoms with van der Waals surface area (Å²) in [4.78, 5) is 25.2. The van der Waals surface area contributed by atoms with E-state index >= 15 is 0 Å². The highest BCUT2D eigenvalue weighted by Gasteiger charge is 2.18. The molecule has 0 spiro atoms. The maximum Gasteiger partial charge on any atom is 0.256 e. The molecule has 0 aromatic heterocycles. The first-order valence-corrected chi connectivity index (χ1v) is 9.47. The molecule has 0 radical (unpaired) electrons. The lowest BCUT2D eigenvalue weighted by atomic mass is 10.0. The van der Waals surface area contributed by atoms with E-state index in [0.29, 0.717) is 0 Å². The van der Waals surface area contributed by atoms with Crippen LogP contribution in [0, 0.1) is 0 Å². The van der Waals surface area contributed by atoms with E-state index in [1.165, 1.54) is 12.1 Å². The lowest BCUT2D eigenvalue weighted by Crippen LogP contribution is -2.45. The fraction of sp³-hybridized carbons (Fsp3) is 0.0833. The topological polar surface area (TPSA) is 98.7 Å². The molecule has 0 bridgehead atoms. The molecule has 4 aromatic carbocycles. The second-order valence-electron chi connectivity index (χ2n) is 7.10. The van der Waals surface area contributed by atoms with E-state index in [1.807, 2.05) is 48.5 Å². The van der Waals surface area contributed by atoms with Crippen LogP contribution in [0.15, 0.2) is 72.8 Å². The molecular weight excluding hydrogens is 380 g/mol. The molecule has 0 atom stereocenters. The first kappa shape index (κ1) is 19.3. The first-order chi connectivity index (χ1) is 14.4. The summed E-state index contributed by atoms with van der Waals surface area (Å²) in [6.45, 7) is 1.60. The Labute approximate surface area is 172 Å². The lowest BCUT2D eigenvalue weighted by Gasteiger charge is -2.17. The van der Waals surface area contributed by atoms with Crippen molar-refractivity contribution >= 4 is 33.4 Å². The van der Waals surface area contributed by atoms with E-state index < -0.39 is 18.0 Å². The van der Waals surface area contributed by atoms with Crippen LogP contribution in [-0.4, -0.2) is 28.2 Å². The highest BCUT2D eigenvalue weighted by molar-refractivity contribution is 6.03. The molecule has 2 amide bonds. The van der Waals surface area contributed by atoms with Gasteiger partial charge in [0.2, 0.25) is 0 Å². The van der Waals surface area contributed by atoms with Crippen molar-refractivity contribution in [3.63, 3.8) is 0 Å². The van der Waals surface area contributed by atoms with Crippen molar-refractivity contribution in [1.29, 1.82) is 0 Å². The normalized spacial score (nSPS) is 11.0. The summed E-state index contributed by atoms with van der Waals surface area (Å²) in [6, 6.07) is 21.0. The van der Waals surface area contributed by atoms with Gasteiger partial charge in [-0.2, -0.15) is 0 Å². The van der Waals surface area contributed by atoms with Crippen molar-refractivity contribution in [3.8, 4) is 11.5 Å². The summed E-state index contributed by atoms with van der Waals surface area (Å²) in [5.41, 5.74) is 0.228. The van der Waals surface area contributed by atoms with Crippen molar-refractivity contribution in [1.82, 2.24) is 10.6 Å². The molecule has 6 heteroatoms. The van der Waals surface area contributed by atoms with Gasteiger partial charge in [0.15, 0.2) is 0 Å². The number of benzene rings is 4. The average molecular weight is 400 g/mol. The maximum atomic E-state index is 12.6. The molecule has 6 nitrogen and oxygen atoms in total. The van der Waals surface area contributed by atoms with Gasteiger partial charge in [0.1, 0.15) is 11.5 Å². The third-order valence-electron chi connectivity index (χ3n) is 4.91. The molecule has 0 aliphatic rings. The van der Waals surface area contributed by atoms with Crippen LogP contribution in [0.5, 0.6) is 11.5 Å². The largest absolute Gasteiger partial charge is 0.507 e. The number of phenolic OH excluding ortho intramolecular Hbond substituents is 2. The van der Waals surface area contributed by atoms with Crippen LogP contribution >= 0.6 is 0 Å². The smallest absolute Gasteiger partial charge is 0.256 e. The Morgan fingerprint density at radius 1 is 0.667 bits per heavy atom. The molecule has 0 unspecified atom stereocenters. The van der Waals surface area contributed by atoms with Crippen molar-refractivity contribution in [2.24, 2.45) is 0 Å². The molecule has 0 saturated heterocycles. The average Bonchev–Trinajstić information content (AvgIpc) is 2.72. The molecule has 0 aliphatic heterocycles. The van der Waals surface area contributed by atoms with E-state index in [9.17, 15) is 19.8 Å². The zero-order valence-electron chi connectivity index (χ0n) is 16.2. The summed E-state index contributed by atoms with van der Waals surface area (Å²) in [6.07, 6.45) is -0.734. The van der Waals surface area contributed by atoms with Crippen molar-refractivity contribution in [2.45, 2.75) is 13.1 Å². The highest BCUT2D eigenvalue weighted by atomic mass is 16.3. The summed E-state index contributed by atoms with van der Waals surface area (Å²) in [5, 5.41) is 29.0. The van der Waals surface area contributed by atoms with Gasteiger partial charge in [-0.3, -0.25) is 9.59 Å². The minimum absolute atomic E-state index is 0.114. The summed E-state index contributed by atoms with van der Waals surface area (Å²) in [5.74, 6) is -1.32. The summed E-state index contributed by atoms with van der Waals surface area (Å²) < 4.78 is 0. The van der Waals surface area contributed by atoms with E-state index in [1.54, 1.807) is 19.1 Å². The predicted octanol–water partition coefficient (Wildman–Crippen LogP) is 3.91. The zero-order valence-corrected chi connectivity index (χ0v) is 16.2. The van der Waals surface area contributed by atoms with Gasteiger partial charge in [0.25, 0.3) is 11.8 Å². The number of rotatable bonds is 4. The number of carbonyl (C=O) groups excluding carboxylic acids is 2. The van der Waals surface area contributed by atoms with Gasteiger partial charge < -0.3 is 20.8 Å². The number of hydrogen-bond acceptors (Lipinski definition) is 4. The number of hydrogen-bond donors (Lipinski definition) is 4. The van der Waals surface area contributed by atoms with E-state index in [2.05, 4.69) is 10.6 Å². The SMILES string of the molecule is CC(NC(=O)c1cc2ccccc2cc1O)NC(=O)c1cc2ccccc2cc1O. The Kier molecular flexibility index (Phi) is 4.98. The minimum Gasteiger partial charge on any atom is -0.507 e. The van der Waals surface area contributed by atoms with Crippen molar-refractivity contribution < 1.29 is 19.8 Å². The second kappa shape index (κ2) is 7.75. The van der Waals surface area contributed by atoms with Crippen molar-refractivity contribution in [3.05, 3.63) is 83.9 Å². The van der Waals surface area contributed by atoms with Crippen LogP contribution in [0.2, 0.25) is 0 Å². The van der Waals surface area contributed by atoms with Gasteiger partial charge in [-0.25, -0.2) is 0 Å². The number of nitrogens with one attached hydrogen (secondary N) is 2. The predicted molar refractivity (Wildman–Crippen MR) is 116 cm³/mol. The molecule has 4 aromatic rings. The van der Waals surface area contributed by atoms with Crippen LogP contribution < -0.4 is 10.6 Å². The number of aromatic hydroxyl groups is 2. The molecule has 4 rings (SSSR count). The fourth-order valence-corrected chi connectivity index (χ4v) is 3.41. The Morgan fingerprint density at radius 2 is 1.00 bits per heavy atom. The number of phenols is 2. The molecule has 150 valence electrons. The minimum atomic E-state index is -0.734. The third-order valence-corrected chi connectivity index (χ3v) is 4.91. The van der Waals surface area contributed by atoms with Gasteiger partial charge >= 0.3 is 0 Å². The van der Waals surface area contributed by atoms with Gasteiger partial charge in [-0.1, -0.05) is 48.5 Å². The summed E-state index contributed by atoms with van der Waals surface area (Å²) >= 11 is 0. The standard InChI is InChI=1S/C24H20N2O4/c1-14(25-23(29)19-10-15-6-2-4-8-17(15)12-21(19)27)26-24(30)20-11-16-7-3-5-9-18(16)13-22(20)28/h2-14,27-28H,1H3,(H,25,29)(H,26,30). The molecule has 0 saturated carbocycles. The number of fused-ring (bicyclic) bond motifs is 2. The number of carbonyl (C=O) groups is 2. The third kappa shape index (κ3) is 3.75. The van der Waals surface area contributed by atoms with Gasteiger partial charge in [-0.15, -0.1) is 0 Å². The van der Waals surface area contributed by atoms with E-state index in [-0.39, 0.29) is 22.6 Å². The van der Waals surface area contributed by atoms with E-state index in [0.717, 1.165) is 21.5 Å². The van der Waals surface area contributed by atoms with Crippen molar-refractivity contribution in [2.75, 3.05) is 0 Å². The fourth-order valence-electron chi connectivity index (χ4n) is 3.41. The maximum absolute atomic E-state index is 12.6. The molecular formula is C24H20N2O4. The Morgan fingerprint density at radius 3 is 1.37 bits per heavy atom. The quantitative estimate of drug-likeness (QED) is 0.390. The zero-order chi connectivity index (χ0) is 21.3. The Bertz CT molecular complexity index is 1180. The highest BCUT2D eigenvalue weighted by Crippen LogP contribution is 2.26. The molecule has 0 aliphatic carbocycles. The van der Waals surface area contributed by atoms with Crippen LogP contribution in [0.3, 0.4) is 0 Å². The number of amides is 2. The molecule has 0 fully saturated rings. The van der Waals surface area contributed by atoms with Crippen LogP contribution in [0.25, 0.3) is 21.5 Å².